The first kappa shape index (κ1) is 32.4. The molecule has 0 aromatic carbocycles. The molecule has 1 rings (SSSR count). The highest BCUT2D eigenvalue weighted by Gasteiger charge is 2.17. The first-order chi connectivity index (χ1) is 17.3. The number of hydrogen-bond donors (Lipinski definition) is 2. The third kappa shape index (κ3) is 21.2. The van der Waals surface area contributed by atoms with Crippen LogP contribution in [0.15, 0.2) is 0 Å². The summed E-state index contributed by atoms with van der Waals surface area (Å²) in [5.74, 6) is -0.187. The van der Waals surface area contributed by atoms with E-state index >= 15 is 0 Å². The van der Waals surface area contributed by atoms with E-state index in [1.165, 1.54) is 0 Å². The SMILES string of the molecule is O=C(CCN1CCN(CCOCCOCCOCCOCCOCCOCCOCS)CC1)OO. The van der Waals surface area contributed by atoms with Gasteiger partial charge in [0, 0.05) is 39.3 Å². The zero-order valence-electron chi connectivity index (χ0n) is 20.8. The fraction of sp³-hybridized carbons (Fsp3) is 0.955. The Bertz CT molecular complexity index is 474. The number of hydrogen-bond acceptors (Lipinski definition) is 13. The second-order valence-electron chi connectivity index (χ2n) is 7.61. The van der Waals surface area contributed by atoms with Gasteiger partial charge in [0.05, 0.1) is 98.2 Å². The molecule has 0 aromatic rings. The molecule has 1 aliphatic rings. The van der Waals surface area contributed by atoms with Crippen LogP contribution in [0.2, 0.25) is 0 Å². The van der Waals surface area contributed by atoms with Crippen molar-refractivity contribution in [2.45, 2.75) is 6.42 Å². The average molecular weight is 529 g/mol. The van der Waals surface area contributed by atoms with Crippen molar-refractivity contribution in [3.63, 3.8) is 0 Å². The molecule has 1 aliphatic heterocycles. The second-order valence-corrected chi connectivity index (χ2v) is 7.87. The van der Waals surface area contributed by atoms with Crippen molar-refractivity contribution in [2.75, 3.05) is 131 Å². The number of nitrogens with zero attached hydrogens (tertiary/aromatic N) is 2. The highest BCUT2D eigenvalue weighted by Crippen LogP contribution is 2.02. The lowest BCUT2D eigenvalue weighted by atomic mass is 10.3. The summed E-state index contributed by atoms with van der Waals surface area (Å²) in [6.07, 6.45) is 0.208. The minimum absolute atomic E-state index is 0.208. The van der Waals surface area contributed by atoms with Crippen LogP contribution in [0.3, 0.4) is 0 Å². The van der Waals surface area contributed by atoms with Crippen LogP contribution >= 0.6 is 12.6 Å². The smallest absolute Gasteiger partial charge is 0.343 e. The highest BCUT2D eigenvalue weighted by molar-refractivity contribution is 7.80. The number of carbonyl (C=O) groups excluding carboxylic acids is 1. The van der Waals surface area contributed by atoms with Crippen LogP contribution < -0.4 is 0 Å². The first-order valence-electron chi connectivity index (χ1n) is 12.2. The van der Waals surface area contributed by atoms with E-state index in [-0.39, 0.29) is 6.42 Å². The van der Waals surface area contributed by atoms with Gasteiger partial charge in [-0.15, -0.1) is 0 Å². The van der Waals surface area contributed by atoms with Gasteiger partial charge in [-0.25, -0.2) is 4.79 Å². The van der Waals surface area contributed by atoms with Gasteiger partial charge in [0.25, 0.3) is 0 Å². The van der Waals surface area contributed by atoms with E-state index in [0.717, 1.165) is 32.7 Å². The number of piperazine rings is 1. The molecule has 0 atom stereocenters. The van der Waals surface area contributed by atoms with Gasteiger partial charge in [-0.2, -0.15) is 17.9 Å². The Morgan fingerprint density at radius 1 is 0.571 bits per heavy atom. The van der Waals surface area contributed by atoms with E-state index in [9.17, 15) is 4.79 Å². The Balaban J connectivity index is 1.71. The molecule has 0 unspecified atom stereocenters. The van der Waals surface area contributed by atoms with Gasteiger partial charge >= 0.3 is 5.97 Å². The molecule has 13 heteroatoms. The van der Waals surface area contributed by atoms with Gasteiger partial charge in [0.2, 0.25) is 0 Å². The van der Waals surface area contributed by atoms with Crippen molar-refractivity contribution in [3.8, 4) is 0 Å². The molecular weight excluding hydrogens is 484 g/mol. The topological polar surface area (TPSA) is 118 Å². The number of carbonyl (C=O) groups is 1. The van der Waals surface area contributed by atoms with Crippen LogP contribution in [-0.2, 0) is 42.8 Å². The predicted molar refractivity (Wildman–Crippen MR) is 131 cm³/mol. The quantitative estimate of drug-likeness (QED) is 0.0547. The van der Waals surface area contributed by atoms with Gasteiger partial charge in [0.1, 0.15) is 0 Å². The Morgan fingerprint density at radius 2 is 0.914 bits per heavy atom. The summed E-state index contributed by atoms with van der Waals surface area (Å²) >= 11 is 3.94. The lowest BCUT2D eigenvalue weighted by Gasteiger charge is -2.34. The third-order valence-electron chi connectivity index (χ3n) is 5.07. The predicted octanol–water partition coefficient (Wildman–Crippen LogP) is 0.0138. The minimum Gasteiger partial charge on any atom is -0.378 e. The Kier molecular flexibility index (Phi) is 23.3. The summed E-state index contributed by atoms with van der Waals surface area (Å²) in [5, 5.41) is 8.28. The summed E-state index contributed by atoms with van der Waals surface area (Å²) in [6, 6.07) is 0. The molecule has 208 valence electrons. The number of ether oxygens (including phenoxy) is 7. The summed E-state index contributed by atoms with van der Waals surface area (Å²) in [7, 11) is 0. The molecule has 0 spiro atoms. The van der Waals surface area contributed by atoms with Crippen LogP contribution in [0.25, 0.3) is 0 Å². The normalized spacial score (nSPS) is 15.0. The van der Waals surface area contributed by atoms with Gasteiger partial charge in [-0.3, -0.25) is 4.90 Å². The number of thiol groups is 1. The van der Waals surface area contributed by atoms with Gasteiger partial charge < -0.3 is 42.9 Å². The summed E-state index contributed by atoms with van der Waals surface area (Å²) in [6.45, 7) is 12.2. The fourth-order valence-electron chi connectivity index (χ4n) is 3.11. The van der Waals surface area contributed by atoms with E-state index in [2.05, 4.69) is 27.3 Å². The molecule has 0 radical (unpaired) electrons. The van der Waals surface area contributed by atoms with E-state index in [1.54, 1.807) is 0 Å². The second kappa shape index (κ2) is 25.1. The third-order valence-corrected chi connectivity index (χ3v) is 5.26. The summed E-state index contributed by atoms with van der Waals surface area (Å²) in [4.78, 5) is 19.2. The van der Waals surface area contributed by atoms with Gasteiger partial charge in [-0.1, -0.05) is 0 Å². The maximum absolute atomic E-state index is 11.0. The van der Waals surface area contributed by atoms with E-state index in [0.29, 0.717) is 98.4 Å². The molecule has 1 heterocycles. The molecule has 0 amide bonds. The van der Waals surface area contributed by atoms with Crippen LogP contribution in [0.4, 0.5) is 0 Å². The van der Waals surface area contributed by atoms with E-state index < -0.39 is 5.97 Å². The van der Waals surface area contributed by atoms with Gasteiger partial charge in [0.15, 0.2) is 0 Å². The van der Waals surface area contributed by atoms with E-state index in [1.807, 2.05) is 0 Å². The number of rotatable bonds is 25. The Morgan fingerprint density at radius 3 is 1.29 bits per heavy atom. The molecule has 0 bridgehead atoms. The Hall–Kier alpha value is -0.580. The van der Waals surface area contributed by atoms with Crippen LogP contribution in [0.5, 0.6) is 0 Å². The first-order valence-corrected chi connectivity index (χ1v) is 12.8. The van der Waals surface area contributed by atoms with Gasteiger partial charge in [-0.05, 0) is 0 Å². The van der Waals surface area contributed by atoms with Crippen molar-refractivity contribution >= 4 is 18.6 Å². The maximum Gasteiger partial charge on any atom is 0.343 e. The lowest BCUT2D eigenvalue weighted by Crippen LogP contribution is -2.47. The molecule has 1 N–H and O–H groups in total. The zero-order valence-corrected chi connectivity index (χ0v) is 21.7. The molecule has 0 saturated carbocycles. The molecule has 0 aliphatic carbocycles. The van der Waals surface area contributed by atoms with Crippen LogP contribution in [-0.4, -0.2) is 152 Å². The largest absolute Gasteiger partial charge is 0.378 e. The molecule has 35 heavy (non-hydrogen) atoms. The van der Waals surface area contributed by atoms with Crippen LogP contribution in [0, 0.1) is 0 Å². The highest BCUT2D eigenvalue weighted by atomic mass is 32.1. The molecule has 0 aromatic heterocycles. The standard InChI is InChI=1S/C22H44N2O10S/c25-22(34-26)1-2-23-3-5-24(6-4-23)7-8-27-9-10-28-11-12-29-13-14-30-15-16-31-17-18-32-19-20-33-21-35/h26,35H,1-21H2. The van der Waals surface area contributed by atoms with E-state index in [4.69, 9.17) is 38.4 Å². The van der Waals surface area contributed by atoms with Crippen molar-refractivity contribution in [2.24, 2.45) is 0 Å². The maximum atomic E-state index is 11.0. The summed E-state index contributed by atoms with van der Waals surface area (Å²) < 4.78 is 37.8. The zero-order chi connectivity index (χ0) is 25.2. The van der Waals surface area contributed by atoms with Crippen molar-refractivity contribution in [1.29, 1.82) is 0 Å². The van der Waals surface area contributed by atoms with Crippen molar-refractivity contribution < 1.29 is 48.1 Å². The van der Waals surface area contributed by atoms with Crippen molar-refractivity contribution in [3.05, 3.63) is 0 Å². The summed E-state index contributed by atoms with van der Waals surface area (Å²) in [5.41, 5.74) is 0. The monoisotopic (exact) mass is 528 g/mol. The van der Waals surface area contributed by atoms with Crippen molar-refractivity contribution in [1.82, 2.24) is 9.80 Å². The lowest BCUT2D eigenvalue weighted by molar-refractivity contribution is -0.234. The minimum atomic E-state index is -0.592. The van der Waals surface area contributed by atoms with Crippen LogP contribution in [0.1, 0.15) is 6.42 Å². The molecule has 1 fully saturated rings. The molecular formula is C22H44N2O10S. The Labute approximate surface area is 214 Å². The molecule has 1 saturated heterocycles. The fourth-order valence-corrected chi connectivity index (χ4v) is 3.24. The molecule has 12 nitrogen and oxygen atoms in total. The average Bonchev–Trinajstić information content (AvgIpc) is 2.88.